The molecule has 7 heterocycles. The molecule has 0 aliphatic heterocycles. The number of anilines is 3. The average molecular weight is 765 g/mol. The molecule has 0 unspecified atom stereocenters. The Morgan fingerprint density at radius 3 is 1.62 bits per heavy atom. The second-order valence-corrected chi connectivity index (χ2v) is 16.0. The van der Waals surface area contributed by atoms with Gasteiger partial charge in [-0.25, -0.2) is 4.98 Å². The number of nitrogens with zero attached hydrogens (tertiary/aromatic N) is 4. The van der Waals surface area contributed by atoms with Crippen molar-refractivity contribution in [1.29, 1.82) is 0 Å². The van der Waals surface area contributed by atoms with Crippen LogP contribution in [0.3, 0.4) is 0 Å². The van der Waals surface area contributed by atoms with Crippen LogP contribution in [0.15, 0.2) is 134 Å². The summed E-state index contributed by atoms with van der Waals surface area (Å²) >= 11 is 7.18. The number of para-hydroxylation sites is 2. The highest BCUT2D eigenvalue weighted by Crippen LogP contribution is 2.49. The SMILES string of the molecule is O=COc1ccnc(-c2cc(OC=O)cc(-c3cc(-c4cc5sc(-c6cc7sc(N(c8ccccc8)c8ccccc8)cc7s6)cc5s4)ccn3)n2)c1. The van der Waals surface area contributed by atoms with Gasteiger partial charge in [0.1, 0.15) is 16.5 Å². The first-order valence-electron chi connectivity index (χ1n) is 16.2. The Morgan fingerprint density at radius 2 is 1.00 bits per heavy atom. The Kier molecular flexibility index (Phi) is 8.78. The lowest BCUT2D eigenvalue weighted by Gasteiger charge is -2.23. The molecule has 0 spiro atoms. The average Bonchev–Trinajstić information content (AvgIpc) is 3.97. The molecule has 0 bridgehead atoms. The highest BCUT2D eigenvalue weighted by molar-refractivity contribution is 7.35. The molecule has 0 fully saturated rings. The molecular formula is C41H24N4O4S4. The summed E-state index contributed by atoms with van der Waals surface area (Å²) in [6, 6.07) is 40.5. The molecule has 0 radical (unpaired) electrons. The van der Waals surface area contributed by atoms with E-state index in [-0.39, 0.29) is 5.75 Å². The first-order chi connectivity index (χ1) is 26.1. The number of aromatic nitrogens is 3. The maximum atomic E-state index is 11.3. The van der Waals surface area contributed by atoms with E-state index in [1.807, 2.05) is 46.9 Å². The molecule has 53 heavy (non-hydrogen) atoms. The summed E-state index contributed by atoms with van der Waals surface area (Å²) in [5, 5.41) is 1.19. The second-order valence-electron chi connectivity index (χ2n) is 11.7. The normalized spacial score (nSPS) is 11.2. The lowest BCUT2D eigenvalue weighted by Crippen LogP contribution is -2.07. The van der Waals surface area contributed by atoms with Gasteiger partial charge < -0.3 is 14.4 Å². The van der Waals surface area contributed by atoms with Crippen molar-refractivity contribution in [1.82, 2.24) is 15.0 Å². The lowest BCUT2D eigenvalue weighted by atomic mass is 10.1. The zero-order valence-corrected chi connectivity index (χ0v) is 30.7. The van der Waals surface area contributed by atoms with Crippen LogP contribution in [-0.2, 0) is 9.59 Å². The smallest absolute Gasteiger partial charge is 0.298 e. The van der Waals surface area contributed by atoms with E-state index in [0.29, 0.717) is 41.5 Å². The molecule has 8 nitrogen and oxygen atoms in total. The molecule has 0 atom stereocenters. The van der Waals surface area contributed by atoms with Gasteiger partial charge in [-0.1, -0.05) is 36.4 Å². The topological polar surface area (TPSA) is 94.5 Å². The van der Waals surface area contributed by atoms with Crippen LogP contribution in [0.25, 0.3) is 61.8 Å². The lowest BCUT2D eigenvalue weighted by molar-refractivity contribution is -0.121. The summed E-state index contributed by atoms with van der Waals surface area (Å²) in [7, 11) is 0. The molecule has 0 saturated heterocycles. The summed E-state index contributed by atoms with van der Waals surface area (Å²) in [5.41, 5.74) is 5.25. The Hall–Kier alpha value is -6.05. The molecule has 0 aliphatic rings. The second kappa shape index (κ2) is 14.2. The van der Waals surface area contributed by atoms with Gasteiger partial charge >= 0.3 is 0 Å². The van der Waals surface area contributed by atoms with Crippen molar-refractivity contribution in [2.45, 2.75) is 0 Å². The van der Waals surface area contributed by atoms with Gasteiger partial charge in [0.25, 0.3) is 12.9 Å². The third-order valence-electron chi connectivity index (χ3n) is 8.36. The summed E-state index contributed by atoms with van der Waals surface area (Å²) in [4.78, 5) is 41.8. The van der Waals surface area contributed by atoms with Gasteiger partial charge in [0.15, 0.2) is 0 Å². The number of carbonyl (C=O) groups excluding carboxylic acids is 2. The van der Waals surface area contributed by atoms with Crippen molar-refractivity contribution < 1.29 is 19.1 Å². The van der Waals surface area contributed by atoms with Crippen LogP contribution < -0.4 is 14.4 Å². The van der Waals surface area contributed by atoms with Crippen LogP contribution in [0, 0.1) is 0 Å². The Balaban J connectivity index is 0.998. The summed E-state index contributed by atoms with van der Waals surface area (Å²) in [6.07, 6.45) is 3.26. The fourth-order valence-corrected chi connectivity index (χ4v) is 10.9. The highest BCUT2D eigenvalue weighted by Gasteiger charge is 2.19. The minimum atomic E-state index is 0.286. The van der Waals surface area contributed by atoms with Crippen LogP contribution in [0.2, 0.25) is 0 Å². The number of carbonyl (C=O) groups is 2. The molecule has 9 aromatic rings. The molecule has 7 aromatic heterocycles. The fourth-order valence-electron chi connectivity index (χ4n) is 6.01. The number of hydrogen-bond donors (Lipinski definition) is 0. The van der Waals surface area contributed by atoms with Crippen molar-refractivity contribution in [3.63, 3.8) is 0 Å². The van der Waals surface area contributed by atoms with Crippen LogP contribution in [0.1, 0.15) is 0 Å². The first kappa shape index (κ1) is 32.8. The van der Waals surface area contributed by atoms with Gasteiger partial charge in [-0.05, 0) is 72.3 Å². The minimum Gasteiger partial charge on any atom is -0.429 e. The standard InChI is InChI=1S/C41H24N4O4S4/c46-23-48-28-12-14-43-31(16-28)33-18-29(49-24-47)17-32(44-33)30-15-25(11-13-42-30)34-19-35-36(50-34)20-37(51-35)38-21-39-40(52-38)22-41(53-39)45(26-7-3-1-4-8-26)27-9-5-2-6-10-27/h1-24H. The first-order valence-corrected chi connectivity index (χ1v) is 19.5. The number of fused-ring (bicyclic) bond motifs is 2. The maximum Gasteiger partial charge on any atom is 0.298 e. The van der Waals surface area contributed by atoms with Crippen molar-refractivity contribution >= 4 is 93.5 Å². The summed E-state index contributed by atoms with van der Waals surface area (Å²) in [6.45, 7) is 0.711. The number of benzene rings is 2. The minimum absolute atomic E-state index is 0.286. The van der Waals surface area contributed by atoms with Gasteiger partial charge in [-0.2, -0.15) is 0 Å². The van der Waals surface area contributed by atoms with E-state index in [4.69, 9.17) is 14.5 Å². The molecule has 256 valence electrons. The van der Waals surface area contributed by atoms with Gasteiger partial charge in [0.05, 0.1) is 22.8 Å². The largest absolute Gasteiger partial charge is 0.429 e. The van der Waals surface area contributed by atoms with Gasteiger partial charge in [0, 0.05) is 75.4 Å². The van der Waals surface area contributed by atoms with Crippen molar-refractivity contribution in [2.24, 2.45) is 0 Å². The van der Waals surface area contributed by atoms with Crippen molar-refractivity contribution in [3.8, 4) is 54.5 Å². The van der Waals surface area contributed by atoms with Gasteiger partial charge in [0.2, 0.25) is 0 Å². The van der Waals surface area contributed by atoms with Crippen molar-refractivity contribution in [3.05, 3.63) is 134 Å². The monoisotopic (exact) mass is 764 g/mol. The highest BCUT2D eigenvalue weighted by atomic mass is 32.1. The van der Waals surface area contributed by atoms with Crippen LogP contribution >= 0.6 is 45.3 Å². The van der Waals surface area contributed by atoms with E-state index < -0.39 is 0 Å². The summed E-state index contributed by atoms with van der Waals surface area (Å²) in [5.74, 6) is 0.604. The molecule has 0 amide bonds. The molecule has 12 heteroatoms. The predicted molar refractivity (Wildman–Crippen MR) is 216 cm³/mol. The predicted octanol–water partition coefficient (Wildman–Crippen LogP) is 11.6. The third kappa shape index (κ3) is 6.60. The van der Waals surface area contributed by atoms with Crippen molar-refractivity contribution in [2.75, 3.05) is 4.90 Å². The molecule has 0 saturated carbocycles. The number of rotatable bonds is 11. The van der Waals surface area contributed by atoms with Gasteiger partial charge in [-0.3, -0.25) is 19.6 Å². The van der Waals surface area contributed by atoms with Crippen LogP contribution in [-0.4, -0.2) is 27.9 Å². The number of hydrogen-bond acceptors (Lipinski definition) is 12. The van der Waals surface area contributed by atoms with E-state index >= 15 is 0 Å². The Morgan fingerprint density at radius 1 is 0.491 bits per heavy atom. The molecule has 2 aromatic carbocycles. The zero-order valence-electron chi connectivity index (χ0n) is 27.4. The fraction of sp³-hybridized carbons (Fsp3) is 0. The van der Waals surface area contributed by atoms with E-state index in [1.165, 1.54) is 39.8 Å². The van der Waals surface area contributed by atoms with E-state index in [1.54, 1.807) is 53.1 Å². The van der Waals surface area contributed by atoms with E-state index in [9.17, 15) is 9.59 Å². The van der Waals surface area contributed by atoms with Crippen LogP contribution in [0.5, 0.6) is 11.5 Å². The number of thiophene rings is 4. The van der Waals surface area contributed by atoms with E-state index in [0.717, 1.165) is 21.8 Å². The number of pyridine rings is 3. The van der Waals surface area contributed by atoms with E-state index in [2.05, 4.69) is 87.7 Å². The molecule has 0 N–H and O–H groups in total. The Labute approximate surface area is 318 Å². The van der Waals surface area contributed by atoms with Crippen LogP contribution in [0.4, 0.5) is 16.4 Å². The number of ether oxygens (including phenoxy) is 2. The third-order valence-corrected chi connectivity index (χ3v) is 13.2. The quantitative estimate of drug-likeness (QED) is 0.120. The molecular weight excluding hydrogens is 741 g/mol. The Bertz CT molecular complexity index is 2650. The maximum absolute atomic E-state index is 11.3. The zero-order chi connectivity index (χ0) is 35.7. The summed E-state index contributed by atoms with van der Waals surface area (Å²) < 4.78 is 15.2. The molecule has 0 aliphatic carbocycles. The molecule has 9 rings (SSSR count). The van der Waals surface area contributed by atoms with Gasteiger partial charge in [-0.15, -0.1) is 45.3 Å².